The highest BCUT2D eigenvalue weighted by Crippen LogP contribution is 2.30. The first-order valence-corrected chi connectivity index (χ1v) is 8.30. The van der Waals surface area contributed by atoms with Crippen molar-refractivity contribution in [3.8, 4) is 11.5 Å². The largest absolute Gasteiger partial charge is 0.463 e. The summed E-state index contributed by atoms with van der Waals surface area (Å²) in [7, 11) is 0. The van der Waals surface area contributed by atoms with Gasteiger partial charge in [-0.15, -0.1) is 0 Å². The second kappa shape index (κ2) is 6.09. The van der Waals surface area contributed by atoms with Crippen molar-refractivity contribution in [3.63, 3.8) is 0 Å². The summed E-state index contributed by atoms with van der Waals surface area (Å²) in [5, 5.41) is 0. The SMILES string of the molecule is C[C@H]1Cc2ccccc2N(C(=O)c2ccc(-c3ccco3)[nH]c2=O)C1. The number of aromatic amines is 1. The van der Waals surface area contributed by atoms with E-state index in [-0.39, 0.29) is 11.5 Å². The van der Waals surface area contributed by atoms with Crippen LogP contribution in [-0.2, 0) is 6.42 Å². The number of rotatable bonds is 2. The highest BCUT2D eigenvalue weighted by Gasteiger charge is 2.28. The van der Waals surface area contributed by atoms with Crippen LogP contribution in [0.1, 0.15) is 22.8 Å². The van der Waals surface area contributed by atoms with E-state index in [2.05, 4.69) is 11.9 Å². The third kappa shape index (κ3) is 2.78. The summed E-state index contributed by atoms with van der Waals surface area (Å²) in [4.78, 5) is 29.9. The van der Waals surface area contributed by atoms with Gasteiger partial charge in [-0.2, -0.15) is 0 Å². The number of pyridine rings is 1. The van der Waals surface area contributed by atoms with Gasteiger partial charge in [0.2, 0.25) is 0 Å². The third-order valence-corrected chi connectivity index (χ3v) is 4.52. The number of anilines is 1. The summed E-state index contributed by atoms with van der Waals surface area (Å²) in [6, 6.07) is 14.6. The van der Waals surface area contributed by atoms with E-state index in [1.807, 2.05) is 24.3 Å². The number of fused-ring (bicyclic) bond motifs is 1. The van der Waals surface area contributed by atoms with Crippen molar-refractivity contribution < 1.29 is 9.21 Å². The van der Waals surface area contributed by atoms with E-state index >= 15 is 0 Å². The van der Waals surface area contributed by atoms with Crippen LogP contribution in [0.4, 0.5) is 5.69 Å². The second-order valence-electron chi connectivity index (χ2n) is 6.45. The minimum absolute atomic E-state index is 0.138. The van der Waals surface area contributed by atoms with Gasteiger partial charge in [-0.05, 0) is 48.2 Å². The highest BCUT2D eigenvalue weighted by molar-refractivity contribution is 6.06. The average molecular weight is 334 g/mol. The zero-order valence-electron chi connectivity index (χ0n) is 13.9. The van der Waals surface area contributed by atoms with E-state index in [0.29, 0.717) is 23.9 Å². The molecule has 1 aromatic carbocycles. The zero-order chi connectivity index (χ0) is 17.4. The standard InChI is InChI=1S/C20H18N2O3/c1-13-11-14-5-2-3-6-17(14)22(12-13)20(24)15-8-9-16(21-19(15)23)18-7-4-10-25-18/h2-10,13H,11-12H2,1H3,(H,21,23)/t13-/m0/s1. The molecule has 1 atom stereocenters. The van der Waals surface area contributed by atoms with Crippen LogP contribution in [0, 0.1) is 5.92 Å². The van der Waals surface area contributed by atoms with Crippen molar-refractivity contribution in [2.24, 2.45) is 5.92 Å². The Hall–Kier alpha value is -3.08. The number of amides is 1. The topological polar surface area (TPSA) is 66.3 Å². The molecule has 0 saturated carbocycles. The molecule has 126 valence electrons. The highest BCUT2D eigenvalue weighted by atomic mass is 16.3. The fraction of sp³-hybridized carbons (Fsp3) is 0.200. The van der Waals surface area contributed by atoms with Crippen molar-refractivity contribution in [1.29, 1.82) is 0 Å². The average Bonchev–Trinajstić information content (AvgIpc) is 3.15. The third-order valence-electron chi connectivity index (χ3n) is 4.52. The molecule has 2 aromatic heterocycles. The van der Waals surface area contributed by atoms with Crippen LogP contribution < -0.4 is 10.5 Å². The molecule has 0 saturated heterocycles. The van der Waals surface area contributed by atoms with Gasteiger partial charge in [0.1, 0.15) is 11.3 Å². The van der Waals surface area contributed by atoms with Crippen molar-refractivity contribution >= 4 is 11.6 Å². The Morgan fingerprint density at radius 2 is 2.00 bits per heavy atom. The summed E-state index contributed by atoms with van der Waals surface area (Å²) in [6.45, 7) is 2.72. The number of para-hydroxylation sites is 1. The molecular weight excluding hydrogens is 316 g/mol. The predicted molar refractivity (Wildman–Crippen MR) is 95.8 cm³/mol. The van der Waals surface area contributed by atoms with Gasteiger partial charge in [-0.25, -0.2) is 0 Å². The van der Waals surface area contributed by atoms with E-state index in [4.69, 9.17) is 4.42 Å². The molecule has 1 aliphatic heterocycles. The Labute approximate surface area is 144 Å². The number of carbonyl (C=O) groups is 1. The lowest BCUT2D eigenvalue weighted by atomic mass is 9.93. The van der Waals surface area contributed by atoms with Crippen LogP contribution in [0.2, 0.25) is 0 Å². The van der Waals surface area contributed by atoms with Gasteiger partial charge in [0.25, 0.3) is 11.5 Å². The molecule has 25 heavy (non-hydrogen) atoms. The molecule has 5 heteroatoms. The number of aromatic nitrogens is 1. The van der Waals surface area contributed by atoms with E-state index in [0.717, 1.165) is 17.7 Å². The van der Waals surface area contributed by atoms with Crippen molar-refractivity contribution in [1.82, 2.24) is 4.98 Å². The molecule has 0 fully saturated rings. The van der Waals surface area contributed by atoms with E-state index in [1.54, 1.807) is 35.4 Å². The first kappa shape index (κ1) is 15.4. The number of nitrogens with one attached hydrogen (secondary N) is 1. The Bertz CT molecular complexity index is 973. The minimum atomic E-state index is -0.408. The molecule has 1 amide bonds. The van der Waals surface area contributed by atoms with Crippen LogP contribution in [-0.4, -0.2) is 17.4 Å². The molecule has 0 aliphatic carbocycles. The van der Waals surface area contributed by atoms with Gasteiger partial charge in [-0.3, -0.25) is 9.59 Å². The number of H-pyrrole nitrogens is 1. The normalized spacial score (nSPS) is 16.5. The first-order chi connectivity index (χ1) is 12.1. The van der Waals surface area contributed by atoms with Crippen molar-refractivity contribution in [3.05, 3.63) is 76.3 Å². The van der Waals surface area contributed by atoms with Crippen LogP contribution >= 0.6 is 0 Å². The molecule has 0 bridgehead atoms. The predicted octanol–water partition coefficient (Wildman–Crippen LogP) is 3.47. The lowest BCUT2D eigenvalue weighted by Crippen LogP contribution is -2.41. The fourth-order valence-electron chi connectivity index (χ4n) is 3.35. The number of hydrogen-bond donors (Lipinski definition) is 1. The van der Waals surface area contributed by atoms with E-state index < -0.39 is 5.56 Å². The molecule has 3 heterocycles. The maximum absolute atomic E-state index is 13.0. The molecule has 1 N–H and O–H groups in total. The quantitative estimate of drug-likeness (QED) is 0.780. The second-order valence-corrected chi connectivity index (χ2v) is 6.45. The van der Waals surface area contributed by atoms with Gasteiger partial charge in [-0.1, -0.05) is 25.1 Å². The summed E-state index contributed by atoms with van der Waals surface area (Å²) in [6.07, 6.45) is 2.48. The van der Waals surface area contributed by atoms with Crippen molar-refractivity contribution in [2.45, 2.75) is 13.3 Å². The number of hydrogen-bond acceptors (Lipinski definition) is 3. The van der Waals surface area contributed by atoms with Crippen molar-refractivity contribution in [2.75, 3.05) is 11.4 Å². The molecule has 0 spiro atoms. The maximum atomic E-state index is 13.0. The molecule has 1 aliphatic rings. The van der Waals surface area contributed by atoms with E-state index in [9.17, 15) is 9.59 Å². The van der Waals surface area contributed by atoms with Crippen LogP contribution in [0.5, 0.6) is 0 Å². The first-order valence-electron chi connectivity index (χ1n) is 8.30. The van der Waals surface area contributed by atoms with Crippen LogP contribution in [0.25, 0.3) is 11.5 Å². The van der Waals surface area contributed by atoms with Crippen LogP contribution in [0.15, 0.2) is 64.0 Å². The molecule has 4 rings (SSSR count). The molecule has 5 nitrogen and oxygen atoms in total. The lowest BCUT2D eigenvalue weighted by molar-refractivity contribution is 0.0979. The van der Waals surface area contributed by atoms with Gasteiger partial charge in [0, 0.05) is 12.2 Å². The number of furan rings is 1. The molecule has 0 radical (unpaired) electrons. The summed E-state index contributed by atoms with van der Waals surface area (Å²) < 4.78 is 5.29. The minimum Gasteiger partial charge on any atom is -0.463 e. The van der Waals surface area contributed by atoms with Gasteiger partial charge >= 0.3 is 0 Å². The lowest BCUT2D eigenvalue weighted by Gasteiger charge is -2.33. The number of nitrogens with zero attached hydrogens (tertiary/aromatic N) is 1. The maximum Gasteiger partial charge on any atom is 0.263 e. The Morgan fingerprint density at radius 1 is 1.16 bits per heavy atom. The molecular formula is C20H18N2O3. The molecule has 0 unspecified atom stereocenters. The van der Waals surface area contributed by atoms with E-state index in [1.165, 1.54) is 0 Å². The molecule has 3 aromatic rings. The van der Waals surface area contributed by atoms with Gasteiger partial charge < -0.3 is 14.3 Å². The summed E-state index contributed by atoms with van der Waals surface area (Å²) >= 11 is 0. The number of benzene rings is 1. The zero-order valence-corrected chi connectivity index (χ0v) is 13.9. The van der Waals surface area contributed by atoms with Crippen LogP contribution in [0.3, 0.4) is 0 Å². The van der Waals surface area contributed by atoms with Gasteiger partial charge in [0.15, 0.2) is 0 Å². The van der Waals surface area contributed by atoms with Gasteiger partial charge in [0.05, 0.1) is 12.0 Å². The summed E-state index contributed by atoms with van der Waals surface area (Å²) in [5.74, 6) is 0.639. The Morgan fingerprint density at radius 3 is 2.76 bits per heavy atom. The number of carbonyl (C=O) groups excluding carboxylic acids is 1. The smallest absolute Gasteiger partial charge is 0.263 e. The Balaban J connectivity index is 1.71. The fourth-order valence-corrected chi connectivity index (χ4v) is 3.35. The Kier molecular flexibility index (Phi) is 3.76. The summed E-state index contributed by atoms with van der Waals surface area (Å²) in [5.41, 5.74) is 2.31. The monoisotopic (exact) mass is 334 g/mol.